The number of rotatable bonds is 1. The van der Waals surface area contributed by atoms with Crippen molar-refractivity contribution in [2.75, 3.05) is 0 Å². The van der Waals surface area contributed by atoms with Crippen LogP contribution < -0.4 is 5.32 Å². The van der Waals surface area contributed by atoms with Gasteiger partial charge in [-0.25, -0.2) is 0 Å². The minimum atomic E-state index is -0.552. The first kappa shape index (κ1) is 12.1. The number of carbonyl (C=O) groups is 3. The van der Waals surface area contributed by atoms with Gasteiger partial charge in [-0.15, -0.1) is 0 Å². The topological polar surface area (TPSA) is 82.3 Å². The third-order valence-corrected chi connectivity index (χ3v) is 4.20. The molecule has 6 nitrogen and oxygen atoms in total. The van der Waals surface area contributed by atoms with Crippen molar-refractivity contribution in [2.45, 2.75) is 25.4 Å². The fourth-order valence-electron chi connectivity index (χ4n) is 3.12. The summed E-state index contributed by atoms with van der Waals surface area (Å²) < 4.78 is 0. The average Bonchev–Trinajstić information content (AvgIpc) is 3.02. The zero-order valence-corrected chi connectivity index (χ0v) is 11.2. The molecule has 2 aliphatic rings. The Morgan fingerprint density at radius 2 is 1.86 bits per heavy atom. The molecule has 0 saturated carbocycles. The predicted molar refractivity (Wildman–Crippen MR) is 74.3 cm³/mol. The van der Waals surface area contributed by atoms with E-state index < -0.39 is 6.04 Å². The maximum absolute atomic E-state index is 12.5. The van der Waals surface area contributed by atoms with E-state index in [1.54, 1.807) is 4.90 Å². The standard InChI is InChI=1S/C15H13N3O3/c19-13-2-1-12(14(20)17-13)18-7-10-3-8-5-16-6-9(8)4-11(10)15(18)21/h3-6,12,16H,1-2,7H2,(H,17,19,20). The van der Waals surface area contributed by atoms with Crippen LogP contribution in [-0.2, 0) is 16.1 Å². The van der Waals surface area contributed by atoms with Crippen molar-refractivity contribution in [1.29, 1.82) is 0 Å². The van der Waals surface area contributed by atoms with E-state index in [1.165, 1.54) is 0 Å². The van der Waals surface area contributed by atoms with Gasteiger partial charge in [0, 0.05) is 30.9 Å². The molecule has 106 valence electrons. The summed E-state index contributed by atoms with van der Waals surface area (Å²) in [4.78, 5) is 40.3. The molecule has 1 saturated heterocycles. The Balaban J connectivity index is 1.69. The van der Waals surface area contributed by atoms with Crippen molar-refractivity contribution in [3.8, 4) is 0 Å². The zero-order valence-electron chi connectivity index (χ0n) is 11.2. The summed E-state index contributed by atoms with van der Waals surface area (Å²) in [5, 5.41) is 4.33. The molecule has 2 N–H and O–H groups in total. The van der Waals surface area contributed by atoms with Crippen LogP contribution in [0.2, 0.25) is 0 Å². The van der Waals surface area contributed by atoms with Gasteiger partial charge in [0.1, 0.15) is 6.04 Å². The van der Waals surface area contributed by atoms with E-state index in [0.717, 1.165) is 16.3 Å². The van der Waals surface area contributed by atoms with Crippen LogP contribution in [0, 0.1) is 0 Å². The number of benzene rings is 1. The molecule has 3 amide bonds. The number of H-pyrrole nitrogens is 1. The highest BCUT2D eigenvalue weighted by molar-refractivity contribution is 6.07. The van der Waals surface area contributed by atoms with E-state index in [-0.39, 0.29) is 24.1 Å². The summed E-state index contributed by atoms with van der Waals surface area (Å²) in [7, 11) is 0. The molecule has 1 aromatic heterocycles. The van der Waals surface area contributed by atoms with Crippen molar-refractivity contribution < 1.29 is 14.4 Å². The molecular weight excluding hydrogens is 270 g/mol. The molecule has 21 heavy (non-hydrogen) atoms. The lowest BCUT2D eigenvalue weighted by Gasteiger charge is -2.29. The zero-order chi connectivity index (χ0) is 14.6. The number of amides is 3. The lowest BCUT2D eigenvalue weighted by atomic mass is 10.0. The molecular formula is C15H13N3O3. The maximum Gasteiger partial charge on any atom is 0.255 e. The summed E-state index contributed by atoms with van der Waals surface area (Å²) >= 11 is 0. The number of nitrogens with one attached hydrogen (secondary N) is 2. The van der Waals surface area contributed by atoms with Gasteiger partial charge in [0.2, 0.25) is 11.8 Å². The highest BCUT2D eigenvalue weighted by Gasteiger charge is 2.39. The Kier molecular flexibility index (Phi) is 2.42. The third-order valence-electron chi connectivity index (χ3n) is 4.20. The Labute approximate surface area is 120 Å². The molecule has 2 aromatic rings. The van der Waals surface area contributed by atoms with E-state index >= 15 is 0 Å². The molecule has 0 bridgehead atoms. The largest absolute Gasteiger partial charge is 0.366 e. The molecule has 0 aliphatic carbocycles. The molecule has 3 heterocycles. The molecule has 0 radical (unpaired) electrons. The van der Waals surface area contributed by atoms with E-state index in [0.29, 0.717) is 18.5 Å². The summed E-state index contributed by atoms with van der Waals surface area (Å²) in [6.45, 7) is 0.418. The normalized spacial score (nSPS) is 21.8. The summed E-state index contributed by atoms with van der Waals surface area (Å²) in [5.41, 5.74) is 1.57. The highest BCUT2D eigenvalue weighted by Crippen LogP contribution is 2.30. The fourth-order valence-corrected chi connectivity index (χ4v) is 3.12. The number of piperidine rings is 1. The predicted octanol–water partition coefficient (Wildman–Crippen LogP) is 0.929. The number of aromatic amines is 1. The van der Waals surface area contributed by atoms with E-state index in [4.69, 9.17) is 0 Å². The van der Waals surface area contributed by atoms with Crippen LogP contribution in [0.25, 0.3) is 10.8 Å². The Morgan fingerprint density at radius 1 is 1.10 bits per heavy atom. The fraction of sp³-hybridized carbons (Fsp3) is 0.267. The van der Waals surface area contributed by atoms with Crippen LogP contribution in [0.4, 0.5) is 0 Å². The molecule has 1 atom stereocenters. The molecule has 4 rings (SSSR count). The lowest BCUT2D eigenvalue weighted by molar-refractivity contribution is -0.136. The highest BCUT2D eigenvalue weighted by atomic mass is 16.2. The van der Waals surface area contributed by atoms with Crippen LogP contribution in [0.15, 0.2) is 24.5 Å². The minimum Gasteiger partial charge on any atom is -0.366 e. The second-order valence-corrected chi connectivity index (χ2v) is 5.49. The van der Waals surface area contributed by atoms with Gasteiger partial charge in [-0.3, -0.25) is 19.7 Å². The van der Waals surface area contributed by atoms with E-state index in [1.807, 2.05) is 24.5 Å². The molecule has 2 aliphatic heterocycles. The SMILES string of the molecule is O=C1CCC(N2Cc3cc4c[nH]cc4cc3C2=O)C(=O)N1. The Morgan fingerprint density at radius 3 is 2.62 bits per heavy atom. The van der Waals surface area contributed by atoms with Gasteiger partial charge in [0.05, 0.1) is 0 Å². The Hall–Kier alpha value is -2.63. The molecule has 6 heteroatoms. The van der Waals surface area contributed by atoms with Crippen molar-refractivity contribution in [1.82, 2.24) is 15.2 Å². The quantitative estimate of drug-likeness (QED) is 0.764. The van der Waals surface area contributed by atoms with Gasteiger partial charge in [0.25, 0.3) is 5.91 Å². The second-order valence-electron chi connectivity index (χ2n) is 5.49. The van der Waals surface area contributed by atoms with Gasteiger partial charge in [-0.2, -0.15) is 0 Å². The van der Waals surface area contributed by atoms with E-state index in [9.17, 15) is 14.4 Å². The molecule has 1 aromatic carbocycles. The van der Waals surface area contributed by atoms with Crippen LogP contribution in [0.3, 0.4) is 0 Å². The second kappa shape index (κ2) is 4.18. The summed E-state index contributed by atoms with van der Waals surface area (Å²) in [6, 6.07) is 3.28. The smallest absolute Gasteiger partial charge is 0.255 e. The molecule has 0 spiro atoms. The molecule has 1 fully saturated rings. The number of hydrogen-bond acceptors (Lipinski definition) is 3. The average molecular weight is 283 g/mol. The number of aromatic nitrogens is 1. The van der Waals surface area contributed by atoms with Gasteiger partial charge in [-0.05, 0) is 34.9 Å². The van der Waals surface area contributed by atoms with Crippen molar-refractivity contribution in [3.63, 3.8) is 0 Å². The van der Waals surface area contributed by atoms with Gasteiger partial charge in [0.15, 0.2) is 0 Å². The number of hydrogen-bond donors (Lipinski definition) is 2. The summed E-state index contributed by atoms with van der Waals surface area (Å²) in [6.07, 6.45) is 4.40. The minimum absolute atomic E-state index is 0.136. The lowest BCUT2D eigenvalue weighted by Crippen LogP contribution is -2.52. The van der Waals surface area contributed by atoms with Crippen LogP contribution in [0.5, 0.6) is 0 Å². The number of imide groups is 1. The van der Waals surface area contributed by atoms with Crippen molar-refractivity contribution >= 4 is 28.5 Å². The molecule has 1 unspecified atom stereocenters. The van der Waals surface area contributed by atoms with Crippen molar-refractivity contribution in [2.24, 2.45) is 0 Å². The summed E-state index contributed by atoms with van der Waals surface area (Å²) in [5.74, 6) is -0.781. The monoisotopic (exact) mass is 283 g/mol. The van der Waals surface area contributed by atoms with Gasteiger partial charge in [-0.1, -0.05) is 0 Å². The maximum atomic E-state index is 12.5. The van der Waals surface area contributed by atoms with E-state index in [2.05, 4.69) is 10.3 Å². The van der Waals surface area contributed by atoms with Crippen LogP contribution in [-0.4, -0.2) is 33.6 Å². The third kappa shape index (κ3) is 1.75. The first-order valence-corrected chi connectivity index (χ1v) is 6.87. The van der Waals surface area contributed by atoms with Gasteiger partial charge < -0.3 is 9.88 Å². The van der Waals surface area contributed by atoms with Crippen LogP contribution >= 0.6 is 0 Å². The van der Waals surface area contributed by atoms with Gasteiger partial charge >= 0.3 is 0 Å². The first-order chi connectivity index (χ1) is 10.1. The number of fused-ring (bicyclic) bond motifs is 2. The van der Waals surface area contributed by atoms with Crippen molar-refractivity contribution in [3.05, 3.63) is 35.7 Å². The number of carbonyl (C=O) groups excluding carboxylic acids is 3. The number of nitrogens with zero attached hydrogens (tertiary/aromatic N) is 1. The van der Waals surface area contributed by atoms with Crippen LogP contribution in [0.1, 0.15) is 28.8 Å². The first-order valence-electron chi connectivity index (χ1n) is 6.87. The Bertz CT molecular complexity index is 793.